The van der Waals surface area contributed by atoms with Gasteiger partial charge in [0.05, 0.1) is 23.3 Å². The van der Waals surface area contributed by atoms with E-state index in [1.54, 1.807) is 22.9 Å². The van der Waals surface area contributed by atoms with Crippen LogP contribution in [0.4, 0.5) is 0 Å². The number of carbonyl (C=O) groups excluding carboxylic acids is 2. The zero-order valence-electron chi connectivity index (χ0n) is 18.9. The van der Waals surface area contributed by atoms with Crippen molar-refractivity contribution >= 4 is 22.9 Å². The van der Waals surface area contributed by atoms with Crippen LogP contribution in [0.2, 0.25) is 0 Å². The standard InChI is InChI=1S/C24H26N6O3/c1-4-29-22-11-10-19(12-21(22)26-28-29)24(32)33-15-23(31)25-13-20-16(2)27-30(17(20)3)14-18-8-6-5-7-9-18/h5-12H,4,13-15H2,1-3H3,(H,25,31). The van der Waals surface area contributed by atoms with Gasteiger partial charge in [-0.15, -0.1) is 5.10 Å². The van der Waals surface area contributed by atoms with E-state index in [1.165, 1.54) is 0 Å². The molecule has 0 unspecified atom stereocenters. The molecule has 33 heavy (non-hydrogen) atoms. The lowest BCUT2D eigenvalue weighted by Crippen LogP contribution is -2.28. The van der Waals surface area contributed by atoms with Gasteiger partial charge in [-0.3, -0.25) is 9.48 Å². The van der Waals surface area contributed by atoms with E-state index in [1.807, 2.05) is 43.7 Å². The first kappa shape index (κ1) is 22.2. The molecule has 9 nitrogen and oxygen atoms in total. The first-order chi connectivity index (χ1) is 16.0. The number of rotatable bonds is 8. The maximum absolute atomic E-state index is 12.4. The zero-order chi connectivity index (χ0) is 23.4. The maximum atomic E-state index is 12.4. The molecule has 2 aromatic heterocycles. The molecule has 9 heteroatoms. The van der Waals surface area contributed by atoms with Crippen LogP contribution in [0.5, 0.6) is 0 Å². The van der Waals surface area contributed by atoms with Crippen molar-refractivity contribution in [2.24, 2.45) is 0 Å². The molecule has 0 spiro atoms. The predicted octanol–water partition coefficient (Wildman–Crippen LogP) is 2.79. The van der Waals surface area contributed by atoms with Gasteiger partial charge in [-0.1, -0.05) is 35.5 Å². The average molecular weight is 447 g/mol. The van der Waals surface area contributed by atoms with Crippen LogP contribution in [0.1, 0.15) is 39.8 Å². The molecule has 0 saturated heterocycles. The van der Waals surface area contributed by atoms with Crippen LogP contribution in [0.25, 0.3) is 11.0 Å². The fourth-order valence-corrected chi connectivity index (χ4v) is 3.69. The van der Waals surface area contributed by atoms with Crippen molar-refractivity contribution in [2.75, 3.05) is 6.61 Å². The molecule has 1 amide bonds. The van der Waals surface area contributed by atoms with Crippen LogP contribution in [0.15, 0.2) is 48.5 Å². The summed E-state index contributed by atoms with van der Waals surface area (Å²) in [5, 5.41) is 15.5. The van der Waals surface area contributed by atoms with Gasteiger partial charge < -0.3 is 10.1 Å². The summed E-state index contributed by atoms with van der Waals surface area (Å²) in [5.74, 6) is -0.961. The highest BCUT2D eigenvalue weighted by Gasteiger charge is 2.15. The Balaban J connectivity index is 1.32. The van der Waals surface area contributed by atoms with Crippen molar-refractivity contribution in [3.05, 3.63) is 76.6 Å². The SMILES string of the molecule is CCn1nnc2cc(C(=O)OCC(=O)NCc3c(C)nn(Cc4ccccc4)c3C)ccc21. The third-order valence-electron chi connectivity index (χ3n) is 5.55. The van der Waals surface area contributed by atoms with Gasteiger partial charge in [-0.25, -0.2) is 9.48 Å². The number of amides is 1. The molecule has 0 radical (unpaired) electrons. The van der Waals surface area contributed by atoms with Gasteiger partial charge >= 0.3 is 5.97 Å². The minimum absolute atomic E-state index is 0.314. The third kappa shape index (κ3) is 4.92. The minimum Gasteiger partial charge on any atom is -0.452 e. The second-order valence-corrected chi connectivity index (χ2v) is 7.75. The normalized spacial score (nSPS) is 11.0. The summed E-state index contributed by atoms with van der Waals surface area (Å²) in [7, 11) is 0. The van der Waals surface area contributed by atoms with Crippen LogP contribution in [-0.2, 0) is 29.2 Å². The number of nitrogens with one attached hydrogen (secondary N) is 1. The number of carbonyl (C=O) groups is 2. The quantitative estimate of drug-likeness (QED) is 0.418. The van der Waals surface area contributed by atoms with E-state index < -0.39 is 5.97 Å². The molecule has 0 bridgehead atoms. The largest absolute Gasteiger partial charge is 0.452 e. The first-order valence-electron chi connectivity index (χ1n) is 10.8. The number of hydrogen-bond donors (Lipinski definition) is 1. The number of nitrogens with zero attached hydrogens (tertiary/aromatic N) is 5. The number of benzene rings is 2. The number of aryl methyl sites for hydroxylation is 2. The van der Waals surface area contributed by atoms with E-state index >= 15 is 0 Å². The van der Waals surface area contributed by atoms with Crippen molar-refractivity contribution in [2.45, 2.75) is 40.4 Å². The lowest BCUT2D eigenvalue weighted by atomic mass is 10.2. The van der Waals surface area contributed by atoms with E-state index in [9.17, 15) is 9.59 Å². The Hall–Kier alpha value is -4.01. The summed E-state index contributed by atoms with van der Waals surface area (Å²) in [4.78, 5) is 24.6. The Morgan fingerprint density at radius 1 is 1.06 bits per heavy atom. The Labute approximate surface area is 191 Å². The summed E-state index contributed by atoms with van der Waals surface area (Å²) in [6, 6.07) is 15.1. The average Bonchev–Trinajstić information content (AvgIpc) is 3.36. The highest BCUT2D eigenvalue weighted by molar-refractivity contribution is 5.94. The molecule has 2 aromatic carbocycles. The highest BCUT2D eigenvalue weighted by Crippen LogP contribution is 2.16. The molecular weight excluding hydrogens is 420 g/mol. The fraction of sp³-hybridized carbons (Fsp3) is 0.292. The van der Waals surface area contributed by atoms with E-state index in [-0.39, 0.29) is 12.5 Å². The molecular formula is C24H26N6O3. The molecule has 170 valence electrons. The van der Waals surface area contributed by atoms with Gasteiger partial charge in [0.1, 0.15) is 5.52 Å². The van der Waals surface area contributed by atoms with Crippen molar-refractivity contribution in [1.82, 2.24) is 30.1 Å². The molecule has 2 heterocycles. The summed E-state index contributed by atoms with van der Waals surface area (Å²) < 4.78 is 8.85. The molecule has 4 rings (SSSR count). The van der Waals surface area contributed by atoms with Crippen molar-refractivity contribution < 1.29 is 14.3 Å². The Morgan fingerprint density at radius 2 is 1.85 bits per heavy atom. The summed E-state index contributed by atoms with van der Waals surface area (Å²) in [5.41, 5.74) is 5.72. The molecule has 0 saturated carbocycles. The van der Waals surface area contributed by atoms with Gasteiger partial charge in [0.2, 0.25) is 0 Å². The van der Waals surface area contributed by atoms with Gasteiger partial charge in [0.15, 0.2) is 6.61 Å². The van der Waals surface area contributed by atoms with E-state index in [4.69, 9.17) is 4.74 Å². The molecule has 0 aliphatic rings. The van der Waals surface area contributed by atoms with Gasteiger partial charge in [0.25, 0.3) is 5.91 Å². The molecule has 0 fully saturated rings. The molecule has 0 aliphatic carbocycles. The first-order valence-corrected chi connectivity index (χ1v) is 10.8. The van der Waals surface area contributed by atoms with Gasteiger partial charge in [-0.2, -0.15) is 5.10 Å². The van der Waals surface area contributed by atoms with E-state index in [0.29, 0.717) is 30.7 Å². The predicted molar refractivity (Wildman–Crippen MR) is 123 cm³/mol. The molecule has 1 N–H and O–H groups in total. The van der Waals surface area contributed by atoms with Crippen LogP contribution in [-0.4, -0.2) is 43.3 Å². The lowest BCUT2D eigenvalue weighted by molar-refractivity contribution is -0.124. The van der Waals surface area contributed by atoms with Crippen LogP contribution >= 0.6 is 0 Å². The fourth-order valence-electron chi connectivity index (χ4n) is 3.69. The molecule has 0 aliphatic heterocycles. The Bertz CT molecular complexity index is 1290. The van der Waals surface area contributed by atoms with Crippen LogP contribution in [0, 0.1) is 13.8 Å². The summed E-state index contributed by atoms with van der Waals surface area (Å²) in [6.07, 6.45) is 0. The lowest BCUT2D eigenvalue weighted by Gasteiger charge is -2.08. The van der Waals surface area contributed by atoms with E-state index in [0.717, 1.165) is 28.0 Å². The van der Waals surface area contributed by atoms with Gasteiger partial charge in [-0.05, 0) is 44.5 Å². The summed E-state index contributed by atoms with van der Waals surface area (Å²) in [6.45, 7) is 7.16. The number of fused-ring (bicyclic) bond motifs is 1. The second-order valence-electron chi connectivity index (χ2n) is 7.75. The molecule has 4 aromatic rings. The maximum Gasteiger partial charge on any atom is 0.338 e. The van der Waals surface area contributed by atoms with Crippen molar-refractivity contribution in [3.8, 4) is 0 Å². The van der Waals surface area contributed by atoms with Crippen molar-refractivity contribution in [1.29, 1.82) is 0 Å². The van der Waals surface area contributed by atoms with E-state index in [2.05, 4.69) is 32.9 Å². The number of ether oxygens (including phenoxy) is 1. The third-order valence-corrected chi connectivity index (χ3v) is 5.55. The number of aromatic nitrogens is 5. The van der Waals surface area contributed by atoms with Crippen molar-refractivity contribution in [3.63, 3.8) is 0 Å². The Kier molecular flexibility index (Phi) is 6.48. The van der Waals surface area contributed by atoms with Crippen LogP contribution < -0.4 is 5.32 Å². The Morgan fingerprint density at radius 3 is 2.61 bits per heavy atom. The minimum atomic E-state index is -0.582. The smallest absolute Gasteiger partial charge is 0.338 e. The molecule has 0 atom stereocenters. The number of hydrogen-bond acceptors (Lipinski definition) is 6. The monoisotopic (exact) mass is 446 g/mol. The highest BCUT2D eigenvalue weighted by atomic mass is 16.5. The number of esters is 1. The van der Waals surface area contributed by atoms with Gasteiger partial charge in [0, 0.05) is 24.3 Å². The second kappa shape index (κ2) is 9.64. The summed E-state index contributed by atoms with van der Waals surface area (Å²) >= 11 is 0. The topological polar surface area (TPSA) is 104 Å². The van der Waals surface area contributed by atoms with Crippen LogP contribution in [0.3, 0.4) is 0 Å². The zero-order valence-corrected chi connectivity index (χ0v) is 18.9.